The van der Waals surface area contributed by atoms with E-state index in [-0.39, 0.29) is 12.5 Å². The van der Waals surface area contributed by atoms with Crippen molar-refractivity contribution < 1.29 is 9.53 Å². The minimum Gasteiger partial charge on any atom is -0.381 e. The Morgan fingerprint density at radius 2 is 2.19 bits per heavy atom. The third-order valence-electron chi connectivity index (χ3n) is 3.99. The second-order valence-electron chi connectivity index (χ2n) is 5.74. The molecule has 1 saturated carbocycles. The zero-order chi connectivity index (χ0) is 14.8. The quantitative estimate of drug-likeness (QED) is 0.798. The molecule has 0 spiro atoms. The summed E-state index contributed by atoms with van der Waals surface area (Å²) in [6.45, 7) is 2.13. The number of hydrogen-bond acceptors (Lipinski definition) is 4. The van der Waals surface area contributed by atoms with E-state index in [0.29, 0.717) is 25.1 Å². The highest BCUT2D eigenvalue weighted by Crippen LogP contribution is 2.29. The van der Waals surface area contributed by atoms with Crippen LogP contribution in [0.4, 0.5) is 0 Å². The molecule has 3 rings (SSSR count). The smallest absolute Gasteiger partial charge is 0.328 e. The normalized spacial score (nSPS) is 21.4. The van der Waals surface area contributed by atoms with Crippen molar-refractivity contribution in [1.29, 1.82) is 0 Å². The number of nitrogens with zero attached hydrogens (tertiary/aromatic N) is 2. The van der Waals surface area contributed by atoms with Crippen molar-refractivity contribution in [3.63, 3.8) is 0 Å². The summed E-state index contributed by atoms with van der Waals surface area (Å²) in [7, 11) is 0. The molecule has 21 heavy (non-hydrogen) atoms. The molecule has 1 unspecified atom stereocenters. The van der Waals surface area contributed by atoms with Gasteiger partial charge >= 0.3 is 5.69 Å². The Bertz CT molecular complexity index is 626. The lowest BCUT2D eigenvalue weighted by atomic mass is 10.1. The van der Waals surface area contributed by atoms with E-state index in [4.69, 9.17) is 4.74 Å². The topological polar surface area (TPSA) is 84.4 Å². The Kier molecular flexibility index (Phi) is 3.92. The molecule has 2 fully saturated rings. The summed E-state index contributed by atoms with van der Waals surface area (Å²) in [6, 6.07) is 1.55. The fourth-order valence-electron chi connectivity index (χ4n) is 2.65. The van der Waals surface area contributed by atoms with Crippen LogP contribution in [0.25, 0.3) is 0 Å². The van der Waals surface area contributed by atoms with Crippen LogP contribution >= 0.6 is 0 Å². The van der Waals surface area contributed by atoms with Gasteiger partial charge in [0.15, 0.2) is 0 Å². The lowest BCUT2D eigenvalue weighted by Gasteiger charge is -2.25. The van der Waals surface area contributed by atoms with Crippen molar-refractivity contribution in [2.24, 2.45) is 5.92 Å². The van der Waals surface area contributed by atoms with E-state index in [1.807, 2.05) is 4.90 Å². The van der Waals surface area contributed by atoms with E-state index in [1.54, 1.807) is 0 Å². The highest BCUT2D eigenvalue weighted by Gasteiger charge is 2.34. The summed E-state index contributed by atoms with van der Waals surface area (Å²) < 4.78 is 6.60. The number of aromatic amines is 1. The van der Waals surface area contributed by atoms with Crippen molar-refractivity contribution in [2.45, 2.75) is 31.8 Å². The number of aromatic nitrogens is 2. The lowest BCUT2D eigenvalue weighted by molar-refractivity contribution is -0.133. The van der Waals surface area contributed by atoms with Gasteiger partial charge in [-0.25, -0.2) is 4.79 Å². The number of rotatable bonds is 5. The monoisotopic (exact) mass is 293 g/mol. The molecule has 0 aromatic carbocycles. The van der Waals surface area contributed by atoms with Gasteiger partial charge in [0, 0.05) is 37.4 Å². The number of carbonyl (C=O) groups excluding carboxylic acids is 1. The molecule has 1 N–H and O–H groups in total. The van der Waals surface area contributed by atoms with Gasteiger partial charge in [0.1, 0.15) is 6.54 Å². The highest BCUT2D eigenvalue weighted by atomic mass is 16.5. The molecule has 1 amide bonds. The predicted octanol–water partition coefficient (Wildman–Crippen LogP) is -0.436. The Hall–Kier alpha value is -1.89. The van der Waals surface area contributed by atoms with Gasteiger partial charge in [-0.15, -0.1) is 0 Å². The molecule has 1 aromatic heterocycles. The largest absolute Gasteiger partial charge is 0.381 e. The predicted molar refractivity (Wildman–Crippen MR) is 75.0 cm³/mol. The molecule has 0 radical (unpaired) electrons. The van der Waals surface area contributed by atoms with Gasteiger partial charge in [-0.1, -0.05) is 0 Å². The van der Waals surface area contributed by atoms with Gasteiger partial charge in [0.2, 0.25) is 5.91 Å². The Labute approximate surface area is 121 Å². The third-order valence-corrected chi connectivity index (χ3v) is 3.99. The minimum absolute atomic E-state index is 0.0281. The molecular weight excluding hydrogens is 274 g/mol. The fourth-order valence-corrected chi connectivity index (χ4v) is 2.65. The summed E-state index contributed by atoms with van der Waals surface area (Å²) in [4.78, 5) is 39.2. The molecule has 2 heterocycles. The van der Waals surface area contributed by atoms with Crippen LogP contribution in [0.5, 0.6) is 0 Å². The molecule has 2 aliphatic rings. The number of amides is 1. The van der Waals surface area contributed by atoms with Crippen LogP contribution in [0.2, 0.25) is 0 Å². The van der Waals surface area contributed by atoms with Crippen molar-refractivity contribution in [3.8, 4) is 0 Å². The van der Waals surface area contributed by atoms with E-state index in [0.717, 1.165) is 25.9 Å². The van der Waals surface area contributed by atoms with Crippen LogP contribution in [0.15, 0.2) is 21.9 Å². The van der Waals surface area contributed by atoms with E-state index in [9.17, 15) is 14.4 Å². The number of carbonyl (C=O) groups is 1. The molecule has 1 aliphatic carbocycles. The average molecular weight is 293 g/mol. The fraction of sp³-hybridized carbons (Fsp3) is 0.643. The molecule has 1 aromatic rings. The maximum atomic E-state index is 12.5. The molecular formula is C14H19N3O4. The second-order valence-corrected chi connectivity index (χ2v) is 5.74. The summed E-state index contributed by atoms with van der Waals surface area (Å²) in [5.41, 5.74) is -0.998. The summed E-state index contributed by atoms with van der Waals surface area (Å²) in [5.74, 6) is 0.320. The number of hydrogen-bond donors (Lipinski definition) is 1. The third kappa shape index (κ3) is 3.41. The maximum absolute atomic E-state index is 12.5. The zero-order valence-corrected chi connectivity index (χ0v) is 11.8. The minimum atomic E-state index is -0.546. The van der Waals surface area contributed by atoms with Crippen molar-refractivity contribution >= 4 is 5.91 Å². The molecule has 7 nitrogen and oxygen atoms in total. The van der Waals surface area contributed by atoms with Crippen LogP contribution in [-0.4, -0.2) is 46.2 Å². The molecule has 0 bridgehead atoms. The van der Waals surface area contributed by atoms with E-state index >= 15 is 0 Å². The second kappa shape index (κ2) is 5.85. The van der Waals surface area contributed by atoms with E-state index in [1.165, 1.54) is 16.8 Å². The van der Waals surface area contributed by atoms with Crippen LogP contribution in [0, 0.1) is 5.92 Å². The first-order chi connectivity index (χ1) is 10.1. The van der Waals surface area contributed by atoms with E-state index in [2.05, 4.69) is 4.98 Å². The molecule has 7 heteroatoms. The Morgan fingerprint density at radius 3 is 2.81 bits per heavy atom. The summed E-state index contributed by atoms with van der Waals surface area (Å²) in [6.07, 6.45) is 4.40. The molecule has 114 valence electrons. The maximum Gasteiger partial charge on any atom is 0.328 e. The number of H-pyrrole nitrogens is 1. The van der Waals surface area contributed by atoms with Gasteiger partial charge in [-0.2, -0.15) is 0 Å². The van der Waals surface area contributed by atoms with Crippen molar-refractivity contribution in [2.75, 3.05) is 19.8 Å². The first kappa shape index (κ1) is 14.1. The molecule has 1 aliphatic heterocycles. The first-order valence-electron chi connectivity index (χ1n) is 7.30. The molecule has 1 saturated heterocycles. The lowest BCUT2D eigenvalue weighted by Crippen LogP contribution is -2.41. The van der Waals surface area contributed by atoms with Crippen LogP contribution in [-0.2, 0) is 16.1 Å². The van der Waals surface area contributed by atoms with Gasteiger partial charge in [-0.3, -0.25) is 19.1 Å². The first-order valence-corrected chi connectivity index (χ1v) is 7.30. The standard InChI is InChI=1S/C14H19N3O4/c18-12-3-5-16(14(20)15-12)8-13(19)17(11-1-2-11)7-10-4-6-21-9-10/h3,5,10-11H,1-2,4,6-9H2,(H,15,18,20). The van der Waals surface area contributed by atoms with E-state index < -0.39 is 11.2 Å². The van der Waals surface area contributed by atoms with Crippen LogP contribution in [0.1, 0.15) is 19.3 Å². The van der Waals surface area contributed by atoms with Crippen LogP contribution in [0.3, 0.4) is 0 Å². The highest BCUT2D eigenvalue weighted by molar-refractivity contribution is 5.76. The number of nitrogens with one attached hydrogen (secondary N) is 1. The van der Waals surface area contributed by atoms with Gasteiger partial charge in [0.25, 0.3) is 5.56 Å². The Balaban J connectivity index is 1.68. The van der Waals surface area contributed by atoms with Crippen molar-refractivity contribution in [1.82, 2.24) is 14.5 Å². The molecule has 1 atom stereocenters. The van der Waals surface area contributed by atoms with Gasteiger partial charge in [0.05, 0.1) is 6.61 Å². The zero-order valence-electron chi connectivity index (χ0n) is 11.8. The summed E-state index contributed by atoms with van der Waals surface area (Å²) >= 11 is 0. The summed E-state index contributed by atoms with van der Waals surface area (Å²) in [5, 5.41) is 0. The average Bonchev–Trinajstić information content (AvgIpc) is 3.16. The number of ether oxygens (including phenoxy) is 1. The van der Waals surface area contributed by atoms with Gasteiger partial charge in [-0.05, 0) is 19.3 Å². The Morgan fingerprint density at radius 1 is 1.38 bits per heavy atom. The van der Waals surface area contributed by atoms with Crippen molar-refractivity contribution in [3.05, 3.63) is 33.1 Å². The van der Waals surface area contributed by atoms with Gasteiger partial charge < -0.3 is 9.64 Å². The van der Waals surface area contributed by atoms with Crippen LogP contribution < -0.4 is 11.2 Å². The SMILES string of the molecule is O=C(Cn1ccc(=O)[nH]c1=O)N(CC1CCOC1)C1CC1.